The predicted octanol–water partition coefficient (Wildman–Crippen LogP) is 9.71. The monoisotopic (exact) mass is 672 g/mol. The quantitative estimate of drug-likeness (QED) is 0.203. The molecule has 2 aromatic heterocycles. The van der Waals surface area contributed by atoms with Crippen LogP contribution in [0.1, 0.15) is 23.2 Å². The van der Waals surface area contributed by atoms with E-state index >= 15 is 0 Å². The van der Waals surface area contributed by atoms with E-state index in [1.807, 2.05) is 0 Å². The van der Waals surface area contributed by atoms with Gasteiger partial charge in [-0.15, -0.1) is 0 Å². The van der Waals surface area contributed by atoms with Gasteiger partial charge in [0.15, 0.2) is 6.29 Å². The Labute approximate surface area is 301 Å². The molecule has 0 bridgehead atoms. The first-order valence-corrected chi connectivity index (χ1v) is 18.1. The molecular formula is C46H36N6. The summed E-state index contributed by atoms with van der Waals surface area (Å²) in [5.41, 5.74) is 9.54. The van der Waals surface area contributed by atoms with E-state index in [1.54, 1.807) is 0 Å². The van der Waals surface area contributed by atoms with Crippen LogP contribution in [0.5, 0.6) is 0 Å². The Morgan fingerprint density at radius 1 is 0.558 bits per heavy atom. The van der Waals surface area contributed by atoms with Crippen molar-refractivity contribution in [2.45, 2.75) is 24.4 Å². The predicted molar refractivity (Wildman–Crippen MR) is 214 cm³/mol. The summed E-state index contributed by atoms with van der Waals surface area (Å²) in [6, 6.07) is 52.8. The minimum atomic E-state index is -0.274. The third-order valence-corrected chi connectivity index (χ3v) is 11.3. The summed E-state index contributed by atoms with van der Waals surface area (Å²) < 4.78 is 4.76. The van der Waals surface area contributed by atoms with Crippen molar-refractivity contribution in [1.82, 2.24) is 19.4 Å². The van der Waals surface area contributed by atoms with E-state index in [1.165, 1.54) is 49.4 Å². The fourth-order valence-corrected chi connectivity index (χ4v) is 9.04. The molecule has 6 heteroatoms. The highest BCUT2D eigenvalue weighted by molar-refractivity contribution is 6.21. The minimum absolute atomic E-state index is 0.122. The molecule has 4 unspecified atom stereocenters. The number of rotatable bonds is 3. The number of fused-ring (bicyclic) bond motifs is 9. The average molecular weight is 673 g/mol. The van der Waals surface area contributed by atoms with Crippen LogP contribution >= 0.6 is 0 Å². The van der Waals surface area contributed by atoms with Crippen molar-refractivity contribution in [3.63, 3.8) is 0 Å². The number of hydrogen-bond donors (Lipinski definition) is 1. The molecule has 1 aliphatic carbocycles. The number of nitrogens with zero attached hydrogens (tertiary/aromatic N) is 5. The van der Waals surface area contributed by atoms with E-state index in [0.717, 1.165) is 22.7 Å². The molecule has 6 nitrogen and oxygen atoms in total. The Kier molecular flexibility index (Phi) is 6.39. The van der Waals surface area contributed by atoms with Gasteiger partial charge in [0, 0.05) is 38.8 Å². The van der Waals surface area contributed by atoms with Crippen LogP contribution in [0, 0.1) is 0 Å². The summed E-state index contributed by atoms with van der Waals surface area (Å²) >= 11 is 0. The molecule has 0 fully saturated rings. The van der Waals surface area contributed by atoms with E-state index in [0.29, 0.717) is 0 Å². The zero-order valence-electron chi connectivity index (χ0n) is 28.7. The SMILES string of the molecule is CN1C(c2ccccc2)NC(n2c3ccccc3c3cc4c5ccccc5n(-c5ccccc5)c4cc32)=NC1N1c2ccccc2C2C=CC=CC21. The largest absolute Gasteiger partial charge is 0.336 e. The molecule has 2 aliphatic heterocycles. The van der Waals surface area contributed by atoms with Gasteiger partial charge in [0.05, 0.1) is 28.1 Å². The molecule has 1 N–H and O–H groups in total. The molecule has 0 saturated heterocycles. The molecule has 3 aliphatic rings. The fourth-order valence-electron chi connectivity index (χ4n) is 9.04. The van der Waals surface area contributed by atoms with E-state index in [-0.39, 0.29) is 24.4 Å². The van der Waals surface area contributed by atoms with Crippen LogP contribution in [0.3, 0.4) is 0 Å². The van der Waals surface area contributed by atoms with Gasteiger partial charge in [-0.05, 0) is 60.6 Å². The first-order chi connectivity index (χ1) is 25.7. The molecule has 0 spiro atoms. The van der Waals surface area contributed by atoms with Crippen LogP contribution in [0.15, 0.2) is 175 Å². The van der Waals surface area contributed by atoms with Gasteiger partial charge in [0.2, 0.25) is 5.96 Å². The van der Waals surface area contributed by atoms with Gasteiger partial charge >= 0.3 is 0 Å². The summed E-state index contributed by atoms with van der Waals surface area (Å²) in [6.45, 7) is 0. The van der Waals surface area contributed by atoms with E-state index in [4.69, 9.17) is 4.99 Å². The standard InChI is InChI=1S/C46H36N6/c1-49-44(30-16-4-2-5-17-30)47-45(48-46(49)52-40-26-14-8-20-32(40)33-21-9-15-27-41(33)52)51-39-25-13-11-23-35(39)37-28-36-34-22-10-12-24-38(34)50(42(36)29-43(37)51)31-18-6-3-7-19-31/h2-29,32,40,44,46H,1H3,(H,47,48). The molecule has 6 aromatic carbocycles. The van der Waals surface area contributed by atoms with Gasteiger partial charge < -0.3 is 14.8 Å². The third-order valence-electron chi connectivity index (χ3n) is 11.3. The van der Waals surface area contributed by atoms with Crippen molar-refractivity contribution in [1.29, 1.82) is 0 Å². The van der Waals surface area contributed by atoms with E-state index in [2.05, 4.69) is 201 Å². The summed E-state index contributed by atoms with van der Waals surface area (Å²) in [7, 11) is 2.20. The van der Waals surface area contributed by atoms with Crippen molar-refractivity contribution in [3.05, 3.63) is 181 Å². The van der Waals surface area contributed by atoms with Crippen molar-refractivity contribution < 1.29 is 0 Å². The Bertz CT molecular complexity index is 2770. The molecule has 52 heavy (non-hydrogen) atoms. The lowest BCUT2D eigenvalue weighted by Crippen LogP contribution is -2.58. The molecule has 250 valence electrons. The first kappa shape index (κ1) is 29.4. The van der Waals surface area contributed by atoms with Crippen LogP contribution in [-0.4, -0.2) is 39.4 Å². The summed E-state index contributed by atoms with van der Waals surface area (Å²) in [5.74, 6) is 1.11. The van der Waals surface area contributed by atoms with Crippen molar-refractivity contribution in [2.75, 3.05) is 11.9 Å². The van der Waals surface area contributed by atoms with Gasteiger partial charge in [0.1, 0.15) is 6.17 Å². The maximum Gasteiger partial charge on any atom is 0.208 e. The van der Waals surface area contributed by atoms with Gasteiger partial charge in [-0.1, -0.05) is 127 Å². The zero-order chi connectivity index (χ0) is 34.3. The summed E-state index contributed by atoms with van der Waals surface area (Å²) in [4.78, 5) is 10.6. The third kappa shape index (κ3) is 4.19. The highest BCUT2D eigenvalue weighted by atomic mass is 15.5. The van der Waals surface area contributed by atoms with E-state index in [9.17, 15) is 0 Å². The number of hydrogen-bond acceptors (Lipinski definition) is 4. The van der Waals surface area contributed by atoms with Crippen LogP contribution in [0.2, 0.25) is 0 Å². The van der Waals surface area contributed by atoms with Gasteiger partial charge in [-0.25, -0.2) is 9.89 Å². The Morgan fingerprint density at radius 3 is 1.94 bits per heavy atom. The lowest BCUT2D eigenvalue weighted by Gasteiger charge is -2.45. The lowest BCUT2D eigenvalue weighted by molar-refractivity contribution is 0.142. The van der Waals surface area contributed by atoms with Gasteiger partial charge in [0.25, 0.3) is 0 Å². The molecule has 11 rings (SSSR count). The molecule has 4 heterocycles. The molecule has 0 amide bonds. The second-order valence-electron chi connectivity index (χ2n) is 14.1. The second kappa shape index (κ2) is 11.3. The van der Waals surface area contributed by atoms with Crippen molar-refractivity contribution in [3.8, 4) is 5.69 Å². The zero-order valence-corrected chi connectivity index (χ0v) is 28.7. The van der Waals surface area contributed by atoms with Crippen LogP contribution in [-0.2, 0) is 0 Å². The second-order valence-corrected chi connectivity index (χ2v) is 14.1. The number of anilines is 1. The van der Waals surface area contributed by atoms with Crippen LogP contribution in [0.4, 0.5) is 5.69 Å². The smallest absolute Gasteiger partial charge is 0.208 e. The number of benzene rings is 6. The Morgan fingerprint density at radius 2 is 1.17 bits per heavy atom. The normalized spacial score (nSPS) is 21.2. The molecule has 8 aromatic rings. The number of nitrogens with one attached hydrogen (secondary N) is 1. The molecular weight excluding hydrogens is 637 g/mol. The Hall–Kier alpha value is -6.37. The highest BCUT2D eigenvalue weighted by Crippen LogP contribution is 2.46. The summed E-state index contributed by atoms with van der Waals surface area (Å²) in [6.07, 6.45) is 8.65. The van der Waals surface area contributed by atoms with Gasteiger partial charge in [-0.3, -0.25) is 4.57 Å². The Balaban J connectivity index is 1.19. The van der Waals surface area contributed by atoms with Crippen LogP contribution < -0.4 is 10.2 Å². The fraction of sp³-hybridized carbons (Fsp3) is 0.109. The lowest BCUT2D eigenvalue weighted by atomic mass is 9.91. The molecule has 4 atom stereocenters. The maximum absolute atomic E-state index is 5.71. The van der Waals surface area contributed by atoms with Crippen LogP contribution in [0.25, 0.3) is 49.3 Å². The summed E-state index contributed by atoms with van der Waals surface area (Å²) in [5, 5.41) is 8.85. The number of allylic oxidation sites excluding steroid dienone is 2. The topological polar surface area (TPSA) is 40.7 Å². The number of para-hydroxylation sites is 4. The van der Waals surface area contributed by atoms with Crippen molar-refractivity contribution in [2.24, 2.45) is 4.99 Å². The molecule has 0 radical (unpaired) electrons. The average Bonchev–Trinajstić information content (AvgIpc) is 3.83. The van der Waals surface area contributed by atoms with Gasteiger partial charge in [-0.2, -0.15) is 0 Å². The first-order valence-electron chi connectivity index (χ1n) is 18.1. The highest BCUT2D eigenvalue weighted by Gasteiger charge is 2.44. The minimum Gasteiger partial charge on any atom is -0.336 e. The maximum atomic E-state index is 5.71. The number of aromatic nitrogens is 2. The molecule has 0 saturated carbocycles. The van der Waals surface area contributed by atoms with E-state index < -0.39 is 0 Å². The number of aliphatic imine (C=N–C) groups is 1. The van der Waals surface area contributed by atoms with Crippen molar-refractivity contribution >= 4 is 55.3 Å².